The number of rotatable bonds is 4. The quantitative estimate of drug-likeness (QED) is 0.776. The van der Waals surface area contributed by atoms with E-state index in [1.54, 1.807) is 0 Å². The first-order valence-corrected chi connectivity index (χ1v) is 7.97. The maximum atomic E-state index is 12.0. The summed E-state index contributed by atoms with van der Waals surface area (Å²) in [6, 6.07) is 3.67. The minimum Gasteiger partial charge on any atom is -0.292 e. The summed E-state index contributed by atoms with van der Waals surface area (Å²) in [7, 11) is -0.964. The molecule has 2 rings (SSSR count). The first-order chi connectivity index (χ1) is 7.77. The molecule has 1 atom stereocenters. The second kappa shape index (κ2) is 5.73. The summed E-state index contributed by atoms with van der Waals surface area (Å²) >= 11 is 1.44. The first kappa shape index (κ1) is 12.0. The molecule has 1 heterocycles. The molecule has 0 radical (unpaired) electrons. The predicted molar refractivity (Wildman–Crippen MR) is 68.5 cm³/mol. The van der Waals surface area contributed by atoms with Crippen molar-refractivity contribution in [2.75, 3.05) is 5.75 Å². The van der Waals surface area contributed by atoms with Crippen molar-refractivity contribution in [1.82, 2.24) is 0 Å². The molecule has 0 bridgehead atoms. The van der Waals surface area contributed by atoms with E-state index in [2.05, 4.69) is 0 Å². The van der Waals surface area contributed by atoms with Crippen LogP contribution in [-0.2, 0) is 10.8 Å². The van der Waals surface area contributed by atoms with Crippen LogP contribution in [0, 0.1) is 0 Å². The lowest BCUT2D eigenvalue weighted by atomic mass is 10.0. The molecule has 4 heteroatoms. The predicted octanol–water partition coefficient (Wildman–Crippen LogP) is 3.01. The molecule has 1 saturated carbocycles. The molecule has 0 aromatic carbocycles. The molecule has 88 valence electrons. The smallest absolute Gasteiger partial charge is 0.185 e. The summed E-state index contributed by atoms with van der Waals surface area (Å²) in [5.74, 6) is 0.254. The van der Waals surface area contributed by atoms with E-state index in [0.29, 0.717) is 0 Å². The molecule has 1 unspecified atom stereocenters. The molecular formula is C12H16O2S2. The van der Waals surface area contributed by atoms with Crippen molar-refractivity contribution < 1.29 is 9.00 Å². The number of ketones is 1. The van der Waals surface area contributed by atoms with E-state index in [1.807, 2.05) is 17.5 Å². The maximum absolute atomic E-state index is 12.0. The number of hydrogen-bond acceptors (Lipinski definition) is 3. The van der Waals surface area contributed by atoms with Gasteiger partial charge in [-0.05, 0) is 24.3 Å². The van der Waals surface area contributed by atoms with Crippen molar-refractivity contribution in [3.05, 3.63) is 22.4 Å². The van der Waals surface area contributed by atoms with Crippen molar-refractivity contribution in [2.45, 2.75) is 37.4 Å². The van der Waals surface area contributed by atoms with Gasteiger partial charge in [0.05, 0.1) is 10.6 Å². The van der Waals surface area contributed by atoms with Crippen LogP contribution in [0.1, 0.15) is 41.8 Å². The van der Waals surface area contributed by atoms with Crippen LogP contribution in [0.25, 0.3) is 0 Å². The van der Waals surface area contributed by atoms with E-state index >= 15 is 0 Å². The molecule has 0 amide bonds. The molecule has 0 aliphatic heterocycles. The van der Waals surface area contributed by atoms with Gasteiger partial charge in [0.25, 0.3) is 0 Å². The molecule has 1 aliphatic carbocycles. The largest absolute Gasteiger partial charge is 0.292 e. The molecule has 1 aromatic rings. The van der Waals surface area contributed by atoms with Gasteiger partial charge in [-0.25, -0.2) is 0 Å². The summed E-state index contributed by atoms with van der Waals surface area (Å²) < 4.78 is 12.0. The van der Waals surface area contributed by atoms with Crippen molar-refractivity contribution in [2.24, 2.45) is 0 Å². The number of carbonyl (C=O) groups is 1. The molecule has 2 nitrogen and oxygen atoms in total. The fraction of sp³-hybridized carbons (Fsp3) is 0.583. The van der Waals surface area contributed by atoms with Gasteiger partial charge < -0.3 is 0 Å². The zero-order chi connectivity index (χ0) is 11.4. The highest BCUT2D eigenvalue weighted by Gasteiger charge is 2.22. The van der Waals surface area contributed by atoms with Crippen molar-refractivity contribution >= 4 is 27.9 Å². The summed E-state index contributed by atoms with van der Waals surface area (Å²) in [6.45, 7) is 0. The Balaban J connectivity index is 1.89. The van der Waals surface area contributed by atoms with Gasteiger partial charge in [-0.15, -0.1) is 11.3 Å². The third kappa shape index (κ3) is 3.01. The minimum absolute atomic E-state index is 0.0407. The molecule has 1 aromatic heterocycles. The maximum Gasteiger partial charge on any atom is 0.185 e. The Kier molecular flexibility index (Phi) is 4.29. The second-order valence-electron chi connectivity index (χ2n) is 4.19. The summed E-state index contributed by atoms with van der Waals surface area (Å²) in [5, 5.41) is 2.15. The molecule has 1 fully saturated rings. The minimum atomic E-state index is -0.964. The molecular weight excluding hydrogens is 240 g/mol. The summed E-state index contributed by atoms with van der Waals surface area (Å²) in [5.41, 5.74) is 0. The number of thiophene rings is 1. The van der Waals surface area contributed by atoms with Crippen LogP contribution in [0.4, 0.5) is 0 Å². The van der Waals surface area contributed by atoms with Crippen LogP contribution in [0.2, 0.25) is 0 Å². The Labute approximate surface area is 103 Å². The second-order valence-corrected chi connectivity index (χ2v) is 6.85. The van der Waals surface area contributed by atoms with Gasteiger partial charge in [-0.3, -0.25) is 9.00 Å². The van der Waals surface area contributed by atoms with Crippen LogP contribution in [0.15, 0.2) is 17.5 Å². The average molecular weight is 256 g/mol. The van der Waals surface area contributed by atoms with Crippen molar-refractivity contribution in [3.63, 3.8) is 0 Å². The zero-order valence-corrected chi connectivity index (χ0v) is 10.8. The highest BCUT2D eigenvalue weighted by molar-refractivity contribution is 7.86. The van der Waals surface area contributed by atoms with Gasteiger partial charge in [0.15, 0.2) is 5.78 Å². The monoisotopic (exact) mass is 256 g/mol. The van der Waals surface area contributed by atoms with Gasteiger partial charge in [0.2, 0.25) is 0 Å². The van der Waals surface area contributed by atoms with Gasteiger partial charge >= 0.3 is 0 Å². The molecule has 16 heavy (non-hydrogen) atoms. The Morgan fingerprint density at radius 1 is 1.38 bits per heavy atom. The number of carbonyl (C=O) groups excluding carboxylic acids is 1. The van der Waals surface area contributed by atoms with E-state index in [1.165, 1.54) is 30.6 Å². The van der Waals surface area contributed by atoms with Crippen LogP contribution >= 0.6 is 11.3 Å². The van der Waals surface area contributed by atoms with Crippen LogP contribution in [-0.4, -0.2) is 21.0 Å². The fourth-order valence-electron chi connectivity index (χ4n) is 2.08. The highest BCUT2D eigenvalue weighted by atomic mass is 32.2. The van der Waals surface area contributed by atoms with E-state index in [-0.39, 0.29) is 16.8 Å². The summed E-state index contributed by atoms with van der Waals surface area (Å²) in [6.07, 6.45) is 5.66. The van der Waals surface area contributed by atoms with E-state index in [4.69, 9.17) is 0 Å². The topological polar surface area (TPSA) is 34.1 Å². The normalized spacial score (nSPS) is 19.5. The highest BCUT2D eigenvalue weighted by Crippen LogP contribution is 2.22. The molecule has 0 saturated heterocycles. The Morgan fingerprint density at radius 2 is 2.12 bits per heavy atom. The standard InChI is InChI=1S/C12H16O2S2/c13-11(12-7-4-8-15-12)9-16(14)10-5-2-1-3-6-10/h4,7-8,10H,1-3,5-6,9H2. The van der Waals surface area contributed by atoms with Gasteiger partial charge in [0.1, 0.15) is 0 Å². The summed E-state index contributed by atoms with van der Waals surface area (Å²) in [4.78, 5) is 12.5. The molecule has 0 N–H and O–H groups in total. The lowest BCUT2D eigenvalue weighted by Gasteiger charge is -2.20. The molecule has 0 spiro atoms. The Hall–Kier alpha value is -0.480. The number of Topliss-reactive ketones (excluding diaryl/α,β-unsaturated/α-hetero) is 1. The Morgan fingerprint density at radius 3 is 2.75 bits per heavy atom. The van der Waals surface area contributed by atoms with Gasteiger partial charge in [-0.2, -0.15) is 0 Å². The zero-order valence-electron chi connectivity index (χ0n) is 9.19. The van der Waals surface area contributed by atoms with E-state index in [9.17, 15) is 9.00 Å². The molecule has 1 aliphatic rings. The van der Waals surface area contributed by atoms with Gasteiger partial charge in [-0.1, -0.05) is 25.3 Å². The van der Waals surface area contributed by atoms with Crippen LogP contribution in [0.5, 0.6) is 0 Å². The lowest BCUT2D eigenvalue weighted by Crippen LogP contribution is -2.24. The van der Waals surface area contributed by atoms with Crippen LogP contribution in [0.3, 0.4) is 0 Å². The fourth-order valence-corrected chi connectivity index (χ4v) is 4.35. The third-order valence-electron chi connectivity index (χ3n) is 2.99. The SMILES string of the molecule is O=C(CS(=O)C1CCCCC1)c1cccs1. The lowest BCUT2D eigenvalue weighted by molar-refractivity contribution is 0.102. The van der Waals surface area contributed by atoms with Crippen LogP contribution < -0.4 is 0 Å². The van der Waals surface area contributed by atoms with E-state index in [0.717, 1.165) is 17.7 Å². The van der Waals surface area contributed by atoms with Crippen molar-refractivity contribution in [3.8, 4) is 0 Å². The van der Waals surface area contributed by atoms with Gasteiger partial charge in [0, 0.05) is 16.0 Å². The van der Waals surface area contributed by atoms with Crippen molar-refractivity contribution in [1.29, 1.82) is 0 Å². The third-order valence-corrected chi connectivity index (χ3v) is 5.67. The van der Waals surface area contributed by atoms with E-state index < -0.39 is 10.8 Å². The Bertz CT molecular complexity index is 364. The first-order valence-electron chi connectivity index (χ1n) is 5.71. The average Bonchev–Trinajstić information content (AvgIpc) is 2.83. The number of hydrogen-bond donors (Lipinski definition) is 0.